The summed E-state index contributed by atoms with van der Waals surface area (Å²) in [4.78, 5) is 11.7. The van der Waals surface area contributed by atoms with E-state index < -0.39 is 25.8 Å². The standard InChI is InChI=1S/C13H15F4OP/c1-9(2)19(8-10-6-4-3-5-7-10)12(18)11(14)13(15,16)17/h3-7,9,11H,8H2,1-2H3. The van der Waals surface area contributed by atoms with E-state index in [-0.39, 0.29) is 11.8 Å². The van der Waals surface area contributed by atoms with Crippen LogP contribution in [-0.2, 0) is 11.0 Å². The molecule has 2 atom stereocenters. The Morgan fingerprint density at radius 3 is 2.16 bits per heavy atom. The van der Waals surface area contributed by atoms with E-state index in [0.717, 1.165) is 5.56 Å². The molecule has 0 aromatic heterocycles. The predicted octanol–water partition coefficient (Wildman–Crippen LogP) is 4.50. The van der Waals surface area contributed by atoms with Gasteiger partial charge in [-0.1, -0.05) is 44.2 Å². The van der Waals surface area contributed by atoms with Crippen molar-refractivity contribution in [2.45, 2.75) is 38.0 Å². The van der Waals surface area contributed by atoms with Crippen LogP contribution in [0.2, 0.25) is 0 Å². The molecule has 19 heavy (non-hydrogen) atoms. The number of benzene rings is 1. The molecule has 2 unspecified atom stereocenters. The van der Waals surface area contributed by atoms with Crippen LogP contribution < -0.4 is 0 Å². The van der Waals surface area contributed by atoms with E-state index >= 15 is 0 Å². The number of halogens is 4. The molecule has 106 valence electrons. The summed E-state index contributed by atoms with van der Waals surface area (Å²) in [7, 11) is -1.69. The molecule has 0 fully saturated rings. The van der Waals surface area contributed by atoms with Crippen molar-refractivity contribution in [1.82, 2.24) is 0 Å². The van der Waals surface area contributed by atoms with Crippen LogP contribution in [0.1, 0.15) is 19.4 Å². The molecule has 0 spiro atoms. The SMILES string of the molecule is CC(C)P(Cc1ccccc1)C(=O)C(F)C(F)(F)F. The topological polar surface area (TPSA) is 17.1 Å². The normalized spacial score (nSPS) is 15.3. The summed E-state index contributed by atoms with van der Waals surface area (Å²) in [6, 6.07) is 8.71. The first kappa shape index (κ1) is 16.1. The second-order valence-corrected chi connectivity index (χ2v) is 7.18. The Bertz CT molecular complexity index is 416. The summed E-state index contributed by atoms with van der Waals surface area (Å²) in [5.41, 5.74) is -0.852. The van der Waals surface area contributed by atoms with Crippen molar-refractivity contribution in [1.29, 1.82) is 0 Å². The summed E-state index contributed by atoms with van der Waals surface area (Å²) >= 11 is 0. The van der Waals surface area contributed by atoms with E-state index in [1.807, 2.05) is 0 Å². The van der Waals surface area contributed by atoms with Gasteiger partial charge in [0.1, 0.15) is 0 Å². The van der Waals surface area contributed by atoms with Crippen LogP contribution in [0.4, 0.5) is 17.6 Å². The molecule has 1 rings (SSSR count). The van der Waals surface area contributed by atoms with Crippen molar-refractivity contribution in [3.05, 3.63) is 35.9 Å². The lowest BCUT2D eigenvalue weighted by Gasteiger charge is -2.23. The van der Waals surface area contributed by atoms with Crippen molar-refractivity contribution in [3.8, 4) is 0 Å². The van der Waals surface area contributed by atoms with Crippen molar-refractivity contribution in [2.24, 2.45) is 0 Å². The molecule has 0 aliphatic heterocycles. The van der Waals surface area contributed by atoms with E-state index in [0.29, 0.717) is 0 Å². The summed E-state index contributed by atoms with van der Waals surface area (Å²) in [5.74, 6) is 0. The van der Waals surface area contributed by atoms with E-state index in [2.05, 4.69) is 0 Å². The number of hydrogen-bond acceptors (Lipinski definition) is 1. The minimum absolute atomic E-state index is 0.184. The molecule has 0 N–H and O–H groups in total. The van der Waals surface area contributed by atoms with Gasteiger partial charge in [-0.15, -0.1) is 0 Å². The van der Waals surface area contributed by atoms with Gasteiger partial charge >= 0.3 is 6.18 Å². The van der Waals surface area contributed by atoms with Gasteiger partial charge in [-0.3, -0.25) is 4.79 Å². The Morgan fingerprint density at radius 2 is 1.74 bits per heavy atom. The molecule has 6 heteroatoms. The Hall–Kier alpha value is -0.960. The van der Waals surface area contributed by atoms with Gasteiger partial charge in [-0.2, -0.15) is 13.2 Å². The summed E-state index contributed by atoms with van der Waals surface area (Å²) in [5, 5.41) is 0. The molecule has 0 aliphatic rings. The summed E-state index contributed by atoms with van der Waals surface area (Å²) in [6.45, 7) is 3.30. The Labute approximate surface area is 110 Å². The van der Waals surface area contributed by atoms with Gasteiger partial charge in [0.05, 0.1) is 0 Å². The smallest absolute Gasteiger partial charge is 0.291 e. The minimum atomic E-state index is -5.11. The van der Waals surface area contributed by atoms with Crippen molar-refractivity contribution >= 4 is 13.4 Å². The zero-order chi connectivity index (χ0) is 14.6. The Morgan fingerprint density at radius 1 is 1.21 bits per heavy atom. The molecule has 0 aliphatic carbocycles. The maximum atomic E-state index is 13.2. The molecule has 0 saturated carbocycles. The van der Waals surface area contributed by atoms with Crippen LogP contribution in [0.25, 0.3) is 0 Å². The van der Waals surface area contributed by atoms with E-state index in [4.69, 9.17) is 0 Å². The fourth-order valence-electron chi connectivity index (χ4n) is 1.58. The molecular weight excluding hydrogens is 279 g/mol. The molecule has 0 amide bonds. The van der Waals surface area contributed by atoms with Crippen LogP contribution in [-0.4, -0.2) is 23.5 Å². The van der Waals surface area contributed by atoms with Crippen LogP contribution >= 0.6 is 7.92 Å². The predicted molar refractivity (Wildman–Crippen MR) is 68.2 cm³/mol. The van der Waals surface area contributed by atoms with Crippen LogP contribution in [0.3, 0.4) is 0 Å². The maximum Gasteiger partial charge on any atom is 0.427 e. The molecule has 1 aromatic rings. The first-order chi connectivity index (χ1) is 8.73. The first-order valence-corrected chi connectivity index (χ1v) is 7.38. The zero-order valence-electron chi connectivity index (χ0n) is 10.6. The molecular formula is C13H15F4OP. The minimum Gasteiger partial charge on any atom is -0.291 e. The highest BCUT2D eigenvalue weighted by Crippen LogP contribution is 2.48. The highest BCUT2D eigenvalue weighted by atomic mass is 31.1. The largest absolute Gasteiger partial charge is 0.427 e. The van der Waals surface area contributed by atoms with Gasteiger partial charge in [0.2, 0.25) is 0 Å². The van der Waals surface area contributed by atoms with E-state index in [1.165, 1.54) is 0 Å². The molecule has 1 aromatic carbocycles. The quantitative estimate of drug-likeness (QED) is 0.577. The number of carbonyl (C=O) groups is 1. The second kappa shape index (κ2) is 6.47. The average molecular weight is 294 g/mol. The van der Waals surface area contributed by atoms with Crippen LogP contribution in [0.15, 0.2) is 30.3 Å². The molecule has 0 heterocycles. The lowest BCUT2D eigenvalue weighted by atomic mass is 10.2. The van der Waals surface area contributed by atoms with E-state index in [9.17, 15) is 22.4 Å². The van der Waals surface area contributed by atoms with Gasteiger partial charge < -0.3 is 0 Å². The van der Waals surface area contributed by atoms with E-state index in [1.54, 1.807) is 44.2 Å². The molecule has 1 nitrogen and oxygen atoms in total. The third-order valence-corrected chi connectivity index (χ3v) is 5.35. The van der Waals surface area contributed by atoms with Gasteiger partial charge in [0.15, 0.2) is 5.52 Å². The lowest BCUT2D eigenvalue weighted by molar-refractivity contribution is -0.180. The average Bonchev–Trinajstić information content (AvgIpc) is 2.34. The number of alkyl halides is 4. The van der Waals surface area contributed by atoms with Crippen LogP contribution in [0.5, 0.6) is 0 Å². The zero-order valence-corrected chi connectivity index (χ0v) is 11.5. The van der Waals surface area contributed by atoms with Crippen molar-refractivity contribution < 1.29 is 22.4 Å². The highest BCUT2D eigenvalue weighted by molar-refractivity contribution is 7.74. The second-order valence-electron chi connectivity index (χ2n) is 4.45. The van der Waals surface area contributed by atoms with Crippen molar-refractivity contribution in [2.75, 3.05) is 0 Å². The van der Waals surface area contributed by atoms with Gasteiger partial charge in [0.25, 0.3) is 6.17 Å². The van der Waals surface area contributed by atoms with Crippen LogP contribution in [0, 0.1) is 0 Å². The molecule has 0 saturated heterocycles. The number of rotatable bonds is 5. The maximum absolute atomic E-state index is 13.2. The number of hydrogen-bond donors (Lipinski definition) is 0. The summed E-state index contributed by atoms with van der Waals surface area (Å²) in [6.07, 6.45) is -8.29. The fraction of sp³-hybridized carbons (Fsp3) is 0.462. The highest BCUT2D eigenvalue weighted by Gasteiger charge is 2.47. The van der Waals surface area contributed by atoms with Gasteiger partial charge in [-0.05, 0) is 25.3 Å². The van der Waals surface area contributed by atoms with Crippen molar-refractivity contribution in [3.63, 3.8) is 0 Å². The molecule has 0 bridgehead atoms. The first-order valence-electron chi connectivity index (χ1n) is 5.78. The van der Waals surface area contributed by atoms with Gasteiger partial charge in [-0.25, -0.2) is 4.39 Å². The lowest BCUT2D eigenvalue weighted by Crippen LogP contribution is -2.32. The van der Waals surface area contributed by atoms with Gasteiger partial charge in [0, 0.05) is 0 Å². The third-order valence-electron chi connectivity index (χ3n) is 2.61. The molecule has 0 radical (unpaired) electrons. The third kappa shape index (κ3) is 4.57. The monoisotopic (exact) mass is 294 g/mol. The number of carbonyl (C=O) groups excluding carboxylic acids is 1. The Kier molecular flexibility index (Phi) is 5.48. The summed E-state index contributed by atoms with van der Waals surface area (Å²) < 4.78 is 50.0. The Balaban J connectivity index is 2.87. The fourth-order valence-corrected chi connectivity index (χ4v) is 3.65.